The van der Waals surface area contributed by atoms with E-state index in [4.69, 9.17) is 9.84 Å². The maximum Gasteiger partial charge on any atom is 0.318 e. The summed E-state index contributed by atoms with van der Waals surface area (Å²) in [5.74, 6) is -0.627. The summed E-state index contributed by atoms with van der Waals surface area (Å²) in [5, 5.41) is 8.85. The highest BCUT2D eigenvalue weighted by Gasteiger charge is 2.15. The number of carboxylic acids is 1. The van der Waals surface area contributed by atoms with Gasteiger partial charge in [-0.3, -0.25) is 4.79 Å². The van der Waals surface area contributed by atoms with Crippen LogP contribution in [0.3, 0.4) is 0 Å². The van der Waals surface area contributed by atoms with E-state index in [0.29, 0.717) is 12.4 Å². The molecule has 1 rings (SSSR count). The Bertz CT molecular complexity index is 409. The molecule has 6 nitrogen and oxygen atoms in total. The number of nitrogens with zero attached hydrogens (tertiary/aromatic N) is 3. The Labute approximate surface area is 100 Å². The molecule has 94 valence electrons. The van der Waals surface area contributed by atoms with Gasteiger partial charge >= 0.3 is 12.0 Å². The number of carbonyl (C=O) groups is 1. The topological polar surface area (TPSA) is 75.5 Å². The van der Waals surface area contributed by atoms with E-state index < -0.39 is 11.9 Å². The van der Waals surface area contributed by atoms with Crippen molar-refractivity contribution in [1.29, 1.82) is 0 Å². The molecule has 0 aliphatic carbocycles. The number of carboxylic acid groups (broad SMARTS) is 1. The Balaban J connectivity index is 2.84. The predicted octanol–water partition coefficient (Wildman–Crippen LogP) is 0.951. The molecule has 0 spiro atoms. The van der Waals surface area contributed by atoms with Gasteiger partial charge in [0.15, 0.2) is 0 Å². The fourth-order valence-corrected chi connectivity index (χ4v) is 1.39. The number of anilines is 1. The first-order valence-electron chi connectivity index (χ1n) is 5.27. The largest absolute Gasteiger partial charge is 0.481 e. The highest BCUT2D eigenvalue weighted by Crippen LogP contribution is 2.15. The number of rotatable bonds is 5. The van der Waals surface area contributed by atoms with Crippen LogP contribution >= 0.6 is 0 Å². The number of aryl methyl sites for hydroxylation is 1. The van der Waals surface area contributed by atoms with Crippen LogP contribution in [0.15, 0.2) is 6.07 Å². The molecule has 0 saturated heterocycles. The second-order valence-corrected chi connectivity index (χ2v) is 3.97. The zero-order chi connectivity index (χ0) is 13.0. The normalized spacial score (nSPS) is 12.0. The van der Waals surface area contributed by atoms with E-state index in [-0.39, 0.29) is 6.01 Å². The van der Waals surface area contributed by atoms with Crippen LogP contribution in [0.1, 0.15) is 12.6 Å². The van der Waals surface area contributed by atoms with Crippen LogP contribution in [0.2, 0.25) is 0 Å². The van der Waals surface area contributed by atoms with E-state index in [9.17, 15) is 4.79 Å². The Morgan fingerprint density at radius 1 is 1.59 bits per heavy atom. The zero-order valence-electron chi connectivity index (χ0n) is 10.5. The first-order valence-corrected chi connectivity index (χ1v) is 5.27. The molecule has 6 heteroatoms. The summed E-state index contributed by atoms with van der Waals surface area (Å²) in [6.07, 6.45) is 0. The van der Waals surface area contributed by atoms with Crippen LogP contribution in [0, 0.1) is 12.8 Å². The molecule has 1 heterocycles. The van der Waals surface area contributed by atoms with E-state index >= 15 is 0 Å². The third-order valence-electron chi connectivity index (χ3n) is 2.36. The Morgan fingerprint density at radius 3 is 2.76 bits per heavy atom. The first kappa shape index (κ1) is 13.2. The van der Waals surface area contributed by atoms with Crippen molar-refractivity contribution in [3.8, 4) is 6.01 Å². The summed E-state index contributed by atoms with van der Waals surface area (Å²) in [7, 11) is 3.29. The van der Waals surface area contributed by atoms with Gasteiger partial charge in [-0.05, 0) is 6.92 Å². The van der Waals surface area contributed by atoms with Crippen LogP contribution in [-0.2, 0) is 4.79 Å². The van der Waals surface area contributed by atoms with Crippen LogP contribution in [0.5, 0.6) is 6.01 Å². The Kier molecular flexibility index (Phi) is 4.25. The van der Waals surface area contributed by atoms with E-state index in [1.54, 1.807) is 24.9 Å². The summed E-state index contributed by atoms with van der Waals surface area (Å²) >= 11 is 0. The molecule has 0 aliphatic rings. The molecule has 1 atom stereocenters. The van der Waals surface area contributed by atoms with Gasteiger partial charge in [-0.15, -0.1) is 0 Å². The van der Waals surface area contributed by atoms with Crippen molar-refractivity contribution in [2.24, 2.45) is 5.92 Å². The molecule has 0 radical (unpaired) electrons. The minimum atomic E-state index is -0.824. The molecule has 1 aromatic heterocycles. The maximum atomic E-state index is 10.8. The van der Waals surface area contributed by atoms with Gasteiger partial charge in [0.1, 0.15) is 5.82 Å². The molecule has 1 aromatic rings. The molecule has 0 fully saturated rings. The van der Waals surface area contributed by atoms with Gasteiger partial charge in [0.25, 0.3) is 0 Å². The lowest BCUT2D eigenvalue weighted by Crippen LogP contribution is -2.29. The SMILES string of the molecule is COc1nc(C)cc(N(C)CC(C)C(=O)O)n1. The zero-order valence-corrected chi connectivity index (χ0v) is 10.5. The third kappa shape index (κ3) is 3.58. The molecular weight excluding hydrogens is 222 g/mol. The van der Waals surface area contributed by atoms with Gasteiger partial charge in [-0.2, -0.15) is 4.98 Å². The van der Waals surface area contributed by atoms with Gasteiger partial charge in [-0.25, -0.2) is 4.98 Å². The predicted molar refractivity (Wildman–Crippen MR) is 63.4 cm³/mol. The van der Waals surface area contributed by atoms with Crippen molar-refractivity contribution >= 4 is 11.8 Å². The van der Waals surface area contributed by atoms with Crippen LogP contribution in [0.4, 0.5) is 5.82 Å². The second kappa shape index (κ2) is 5.47. The standard InChI is InChI=1S/C11H17N3O3/c1-7(10(15)16)6-14(3)9-5-8(2)12-11(13-9)17-4/h5,7H,6H2,1-4H3,(H,15,16). The summed E-state index contributed by atoms with van der Waals surface area (Å²) in [4.78, 5) is 20.8. The minimum Gasteiger partial charge on any atom is -0.481 e. The number of ether oxygens (including phenoxy) is 1. The van der Waals surface area contributed by atoms with Gasteiger partial charge in [0.05, 0.1) is 13.0 Å². The van der Waals surface area contributed by atoms with Gasteiger partial charge in [0, 0.05) is 25.4 Å². The van der Waals surface area contributed by atoms with E-state index in [2.05, 4.69) is 9.97 Å². The lowest BCUT2D eigenvalue weighted by atomic mass is 10.2. The van der Waals surface area contributed by atoms with Crippen molar-refractivity contribution in [2.45, 2.75) is 13.8 Å². The fourth-order valence-electron chi connectivity index (χ4n) is 1.39. The molecule has 0 amide bonds. The number of hydrogen-bond acceptors (Lipinski definition) is 5. The van der Waals surface area contributed by atoms with Crippen LogP contribution in [0.25, 0.3) is 0 Å². The smallest absolute Gasteiger partial charge is 0.318 e. The Hall–Kier alpha value is -1.85. The van der Waals surface area contributed by atoms with Crippen molar-refractivity contribution in [3.63, 3.8) is 0 Å². The van der Waals surface area contributed by atoms with Crippen molar-refractivity contribution < 1.29 is 14.6 Å². The van der Waals surface area contributed by atoms with Crippen LogP contribution in [-0.4, -0.2) is 41.7 Å². The van der Waals surface area contributed by atoms with Gasteiger partial charge in [-0.1, -0.05) is 6.92 Å². The average molecular weight is 239 g/mol. The molecule has 0 aromatic carbocycles. The van der Waals surface area contributed by atoms with Crippen molar-refractivity contribution in [2.75, 3.05) is 25.6 Å². The minimum absolute atomic E-state index is 0.287. The highest BCUT2D eigenvalue weighted by molar-refractivity contribution is 5.70. The molecule has 17 heavy (non-hydrogen) atoms. The fraction of sp³-hybridized carbons (Fsp3) is 0.545. The summed E-state index contributed by atoms with van der Waals surface area (Å²) in [5.41, 5.74) is 0.779. The highest BCUT2D eigenvalue weighted by atomic mass is 16.5. The molecule has 0 bridgehead atoms. The lowest BCUT2D eigenvalue weighted by molar-refractivity contribution is -0.140. The van der Waals surface area contributed by atoms with E-state index in [1.165, 1.54) is 7.11 Å². The quantitative estimate of drug-likeness (QED) is 0.824. The summed E-state index contributed by atoms with van der Waals surface area (Å²) < 4.78 is 4.97. The van der Waals surface area contributed by atoms with Crippen LogP contribution < -0.4 is 9.64 Å². The average Bonchev–Trinajstić information content (AvgIpc) is 2.27. The molecule has 0 aliphatic heterocycles. The third-order valence-corrected chi connectivity index (χ3v) is 2.36. The number of hydrogen-bond donors (Lipinski definition) is 1. The molecule has 0 saturated carbocycles. The second-order valence-electron chi connectivity index (χ2n) is 3.97. The van der Waals surface area contributed by atoms with Crippen molar-refractivity contribution in [3.05, 3.63) is 11.8 Å². The monoisotopic (exact) mass is 239 g/mol. The Morgan fingerprint density at radius 2 is 2.24 bits per heavy atom. The summed E-state index contributed by atoms with van der Waals surface area (Å²) in [6.45, 7) is 3.88. The number of aliphatic carboxylic acids is 1. The lowest BCUT2D eigenvalue weighted by Gasteiger charge is -2.20. The van der Waals surface area contributed by atoms with E-state index in [1.807, 2.05) is 6.92 Å². The number of methoxy groups -OCH3 is 1. The van der Waals surface area contributed by atoms with Crippen molar-refractivity contribution in [1.82, 2.24) is 9.97 Å². The first-order chi connectivity index (χ1) is 7.93. The maximum absolute atomic E-state index is 10.8. The molecule has 1 N–H and O–H groups in total. The molecule has 1 unspecified atom stereocenters. The van der Waals surface area contributed by atoms with Gasteiger partial charge in [0.2, 0.25) is 0 Å². The number of aromatic nitrogens is 2. The van der Waals surface area contributed by atoms with E-state index in [0.717, 1.165) is 5.69 Å². The molecular formula is C11H17N3O3. The summed E-state index contributed by atoms with van der Waals surface area (Å²) in [6, 6.07) is 2.08. The van der Waals surface area contributed by atoms with Gasteiger partial charge < -0.3 is 14.7 Å².